The molecular formula is C8H5F3N8S. The fraction of sp³-hybridized carbons (Fsp3) is 0.250. The number of hydrogen-bond donors (Lipinski definition) is 0. The number of alkyl halides is 3. The van der Waals surface area contributed by atoms with E-state index in [0.717, 1.165) is 11.8 Å². The normalized spacial score (nSPS) is 12.2. The van der Waals surface area contributed by atoms with Crippen LogP contribution in [0.4, 0.5) is 13.2 Å². The first-order valence-corrected chi connectivity index (χ1v) is 5.96. The van der Waals surface area contributed by atoms with Crippen LogP contribution < -0.4 is 0 Å². The second-order valence-corrected chi connectivity index (χ2v) is 4.64. The van der Waals surface area contributed by atoms with Gasteiger partial charge in [-0.1, -0.05) is 0 Å². The number of tetrazole rings is 1. The minimum absolute atomic E-state index is 0.0118. The van der Waals surface area contributed by atoms with E-state index in [1.54, 1.807) is 7.05 Å². The molecule has 3 rings (SSSR count). The fourth-order valence-corrected chi connectivity index (χ4v) is 2.10. The van der Waals surface area contributed by atoms with E-state index in [4.69, 9.17) is 0 Å². The Hall–Kier alpha value is -2.24. The number of hydrogen-bond acceptors (Lipinski definition) is 7. The Balaban J connectivity index is 2.03. The predicted molar refractivity (Wildman–Crippen MR) is 58.7 cm³/mol. The minimum atomic E-state index is -4.62. The summed E-state index contributed by atoms with van der Waals surface area (Å²) < 4.78 is 40.2. The first-order valence-electron chi connectivity index (χ1n) is 5.15. The standard InChI is InChI=1S/C8H5F3N8S/c1-18-7(14-16-17-18)20-5-3-2-4-12-13-6(8(9,10)11)19(4)15-5/h2-3H,1H3. The van der Waals surface area contributed by atoms with E-state index in [-0.39, 0.29) is 5.65 Å². The van der Waals surface area contributed by atoms with Crippen LogP contribution in [0.3, 0.4) is 0 Å². The van der Waals surface area contributed by atoms with E-state index >= 15 is 0 Å². The van der Waals surface area contributed by atoms with Gasteiger partial charge in [0.2, 0.25) is 5.16 Å². The molecule has 0 N–H and O–H groups in total. The zero-order valence-corrected chi connectivity index (χ0v) is 10.6. The van der Waals surface area contributed by atoms with Crippen molar-refractivity contribution in [2.24, 2.45) is 7.05 Å². The van der Waals surface area contributed by atoms with Crippen LogP contribution in [0.15, 0.2) is 22.3 Å². The maximum atomic E-state index is 12.7. The molecular weight excluding hydrogens is 297 g/mol. The molecule has 12 heteroatoms. The topological polar surface area (TPSA) is 86.7 Å². The molecule has 0 saturated carbocycles. The highest BCUT2D eigenvalue weighted by atomic mass is 32.2. The summed E-state index contributed by atoms with van der Waals surface area (Å²) in [6.07, 6.45) is -4.62. The molecule has 20 heavy (non-hydrogen) atoms. The summed E-state index contributed by atoms with van der Waals surface area (Å²) in [5.74, 6) is -1.17. The van der Waals surface area contributed by atoms with Gasteiger partial charge >= 0.3 is 6.18 Å². The molecule has 0 unspecified atom stereocenters. The molecule has 0 fully saturated rings. The number of halogens is 3. The summed E-state index contributed by atoms with van der Waals surface area (Å²) in [5, 5.41) is 21.8. The molecule has 0 aliphatic heterocycles. The Labute approximate surface area is 113 Å². The van der Waals surface area contributed by atoms with E-state index in [9.17, 15) is 13.2 Å². The molecule has 104 valence electrons. The van der Waals surface area contributed by atoms with Crippen LogP contribution in [0.5, 0.6) is 0 Å². The lowest BCUT2D eigenvalue weighted by Gasteiger charge is -2.04. The average molecular weight is 302 g/mol. The van der Waals surface area contributed by atoms with Crippen LogP contribution in [-0.4, -0.2) is 40.0 Å². The molecule has 3 heterocycles. The summed E-state index contributed by atoms with van der Waals surface area (Å²) in [6.45, 7) is 0. The largest absolute Gasteiger partial charge is 0.453 e. The molecule has 3 aromatic rings. The molecule has 0 amide bonds. The average Bonchev–Trinajstić information content (AvgIpc) is 2.95. The maximum Gasteiger partial charge on any atom is 0.453 e. The van der Waals surface area contributed by atoms with Crippen molar-refractivity contribution < 1.29 is 13.2 Å². The van der Waals surface area contributed by atoms with E-state index in [1.165, 1.54) is 16.8 Å². The third kappa shape index (κ3) is 2.17. The summed E-state index contributed by atoms with van der Waals surface area (Å²) in [7, 11) is 1.61. The highest BCUT2D eigenvalue weighted by molar-refractivity contribution is 7.99. The lowest BCUT2D eigenvalue weighted by Crippen LogP contribution is -2.12. The molecule has 8 nitrogen and oxygen atoms in total. The van der Waals surface area contributed by atoms with Crippen molar-refractivity contribution in [2.75, 3.05) is 0 Å². The number of aromatic nitrogens is 8. The number of aryl methyl sites for hydroxylation is 1. The van der Waals surface area contributed by atoms with E-state index in [0.29, 0.717) is 14.7 Å². The Morgan fingerprint density at radius 3 is 2.60 bits per heavy atom. The summed E-state index contributed by atoms with van der Waals surface area (Å²) in [4.78, 5) is 0. The number of nitrogens with zero attached hydrogens (tertiary/aromatic N) is 8. The molecule has 3 aromatic heterocycles. The van der Waals surface area contributed by atoms with Crippen molar-refractivity contribution in [3.05, 3.63) is 18.0 Å². The van der Waals surface area contributed by atoms with Gasteiger partial charge in [-0.15, -0.1) is 15.3 Å². The molecule has 0 spiro atoms. The van der Waals surface area contributed by atoms with Gasteiger partial charge < -0.3 is 0 Å². The van der Waals surface area contributed by atoms with Crippen LogP contribution in [0.1, 0.15) is 5.82 Å². The van der Waals surface area contributed by atoms with E-state index < -0.39 is 12.0 Å². The van der Waals surface area contributed by atoms with Gasteiger partial charge in [-0.2, -0.15) is 22.8 Å². The highest BCUT2D eigenvalue weighted by Gasteiger charge is 2.37. The van der Waals surface area contributed by atoms with Gasteiger partial charge in [0.1, 0.15) is 5.03 Å². The molecule has 0 aliphatic rings. The van der Waals surface area contributed by atoms with Crippen molar-refractivity contribution in [3.8, 4) is 0 Å². The molecule has 0 atom stereocenters. The second-order valence-electron chi connectivity index (χ2n) is 3.65. The molecule has 0 bridgehead atoms. The Morgan fingerprint density at radius 2 is 1.95 bits per heavy atom. The number of fused-ring (bicyclic) bond motifs is 1. The predicted octanol–water partition coefficient (Wildman–Crippen LogP) is 0.818. The van der Waals surface area contributed by atoms with Crippen molar-refractivity contribution in [1.82, 2.24) is 40.0 Å². The molecule has 0 radical (unpaired) electrons. The smallest absolute Gasteiger partial charge is 0.223 e. The van der Waals surface area contributed by atoms with Gasteiger partial charge in [0.05, 0.1) is 0 Å². The zero-order chi connectivity index (χ0) is 14.3. The first-order chi connectivity index (χ1) is 9.45. The third-order valence-electron chi connectivity index (χ3n) is 2.27. The van der Waals surface area contributed by atoms with Gasteiger partial charge in [-0.3, -0.25) is 0 Å². The van der Waals surface area contributed by atoms with Gasteiger partial charge in [0.15, 0.2) is 5.65 Å². The lowest BCUT2D eigenvalue weighted by atomic mass is 10.5. The Kier molecular flexibility index (Phi) is 2.81. The SMILES string of the molecule is Cn1nnnc1Sc1ccc2nnc(C(F)(F)F)n2n1. The molecule has 0 aromatic carbocycles. The quantitative estimate of drug-likeness (QED) is 0.692. The van der Waals surface area contributed by atoms with Gasteiger partial charge in [0.25, 0.3) is 5.82 Å². The molecule has 0 aliphatic carbocycles. The second kappa shape index (κ2) is 4.40. The van der Waals surface area contributed by atoms with Gasteiger partial charge in [0, 0.05) is 7.05 Å². The zero-order valence-electron chi connectivity index (χ0n) is 9.77. The number of rotatable bonds is 2. The van der Waals surface area contributed by atoms with E-state index in [2.05, 4.69) is 30.8 Å². The highest BCUT2D eigenvalue weighted by Crippen LogP contribution is 2.28. The minimum Gasteiger partial charge on any atom is -0.223 e. The third-order valence-corrected chi connectivity index (χ3v) is 3.22. The van der Waals surface area contributed by atoms with Crippen molar-refractivity contribution in [3.63, 3.8) is 0 Å². The van der Waals surface area contributed by atoms with Crippen LogP contribution in [0.25, 0.3) is 5.65 Å². The summed E-state index contributed by atoms with van der Waals surface area (Å²) in [5.41, 5.74) is 0.0118. The maximum absolute atomic E-state index is 12.7. The first kappa shape index (κ1) is 12.8. The monoisotopic (exact) mass is 302 g/mol. The Morgan fingerprint density at radius 1 is 1.15 bits per heavy atom. The van der Waals surface area contributed by atoms with Gasteiger partial charge in [-0.05, 0) is 34.3 Å². The van der Waals surface area contributed by atoms with Crippen LogP contribution in [-0.2, 0) is 13.2 Å². The van der Waals surface area contributed by atoms with Crippen LogP contribution >= 0.6 is 11.8 Å². The summed E-state index contributed by atoms with van der Waals surface area (Å²) >= 11 is 1.03. The van der Waals surface area contributed by atoms with Crippen molar-refractivity contribution in [2.45, 2.75) is 16.4 Å². The summed E-state index contributed by atoms with van der Waals surface area (Å²) in [6, 6.07) is 2.91. The van der Waals surface area contributed by atoms with E-state index in [1.807, 2.05) is 0 Å². The fourth-order valence-electron chi connectivity index (χ4n) is 1.40. The van der Waals surface area contributed by atoms with Crippen molar-refractivity contribution >= 4 is 17.4 Å². The molecule has 0 saturated heterocycles. The Bertz CT molecular complexity index is 763. The lowest BCUT2D eigenvalue weighted by molar-refractivity contribution is -0.146. The van der Waals surface area contributed by atoms with Crippen LogP contribution in [0, 0.1) is 0 Å². The van der Waals surface area contributed by atoms with Gasteiger partial charge in [-0.25, -0.2) is 4.68 Å². The van der Waals surface area contributed by atoms with Crippen LogP contribution in [0.2, 0.25) is 0 Å². The van der Waals surface area contributed by atoms with Crippen molar-refractivity contribution in [1.29, 1.82) is 0 Å².